The number of hydrogen-bond donors (Lipinski definition) is 2. The molecule has 0 fully saturated rings. The Kier molecular flexibility index (Phi) is 5.35. The van der Waals surface area contributed by atoms with Gasteiger partial charge in [0.25, 0.3) is 0 Å². The number of benzene rings is 2. The highest BCUT2D eigenvalue weighted by atomic mass is 35.5. The number of H-pyrrole nitrogens is 1. The van der Waals surface area contributed by atoms with Crippen molar-refractivity contribution in [3.05, 3.63) is 59.4 Å². The number of aromatic amines is 1. The van der Waals surface area contributed by atoms with Crippen LogP contribution in [0.3, 0.4) is 0 Å². The van der Waals surface area contributed by atoms with Crippen molar-refractivity contribution in [2.45, 2.75) is 17.3 Å². The Morgan fingerprint density at radius 3 is 2.76 bits per heavy atom. The molecule has 0 aliphatic rings. The molecule has 8 heteroatoms. The van der Waals surface area contributed by atoms with Gasteiger partial charge in [-0.25, -0.2) is 9.37 Å². The Morgan fingerprint density at radius 2 is 2.04 bits per heavy atom. The smallest absolute Gasteiger partial charge is 0.237 e. The molecule has 5 nitrogen and oxygen atoms in total. The van der Waals surface area contributed by atoms with E-state index in [1.54, 1.807) is 6.92 Å². The van der Waals surface area contributed by atoms with E-state index in [0.29, 0.717) is 11.0 Å². The van der Waals surface area contributed by atoms with Crippen LogP contribution in [0.4, 0.5) is 10.1 Å². The summed E-state index contributed by atoms with van der Waals surface area (Å²) < 4.78 is 13.8. The topological polar surface area (TPSA) is 70.7 Å². The molecule has 1 heterocycles. The number of aromatic nitrogens is 3. The average molecular weight is 377 g/mol. The molecule has 2 aromatic carbocycles. The zero-order chi connectivity index (χ0) is 17.8. The molecule has 0 saturated heterocycles. The maximum Gasteiger partial charge on any atom is 0.237 e. The van der Waals surface area contributed by atoms with Crippen molar-refractivity contribution in [3.63, 3.8) is 0 Å². The molecule has 0 saturated carbocycles. The third-order valence-electron chi connectivity index (χ3n) is 3.35. The Balaban J connectivity index is 1.65. The van der Waals surface area contributed by atoms with E-state index in [-0.39, 0.29) is 16.6 Å². The van der Waals surface area contributed by atoms with Gasteiger partial charge in [0.05, 0.1) is 10.9 Å². The van der Waals surface area contributed by atoms with Crippen LogP contribution in [0, 0.1) is 5.82 Å². The van der Waals surface area contributed by atoms with Gasteiger partial charge >= 0.3 is 0 Å². The zero-order valence-electron chi connectivity index (χ0n) is 13.2. The maximum atomic E-state index is 13.8. The van der Waals surface area contributed by atoms with Gasteiger partial charge < -0.3 is 5.32 Å². The number of halogens is 2. The van der Waals surface area contributed by atoms with Gasteiger partial charge in [-0.1, -0.05) is 53.7 Å². The minimum Gasteiger partial charge on any atom is -0.323 e. The zero-order valence-corrected chi connectivity index (χ0v) is 14.7. The largest absolute Gasteiger partial charge is 0.323 e. The van der Waals surface area contributed by atoms with E-state index < -0.39 is 11.1 Å². The standard InChI is InChI=1S/C17H14ClFN4OS/c1-10(16(24)20-14-8-7-12(18)9-13(14)19)25-17-21-15(22-23-17)11-5-3-2-4-6-11/h2-10H,1H3,(H,20,24)(H,21,22,23)/t10-/m1/s1. The lowest BCUT2D eigenvalue weighted by Gasteiger charge is -2.10. The van der Waals surface area contributed by atoms with Gasteiger partial charge in [0.15, 0.2) is 5.82 Å². The van der Waals surface area contributed by atoms with E-state index in [1.165, 1.54) is 23.9 Å². The van der Waals surface area contributed by atoms with E-state index >= 15 is 0 Å². The van der Waals surface area contributed by atoms with Crippen molar-refractivity contribution < 1.29 is 9.18 Å². The van der Waals surface area contributed by atoms with Crippen molar-refractivity contribution in [2.75, 3.05) is 5.32 Å². The molecule has 3 rings (SSSR count). The van der Waals surface area contributed by atoms with E-state index in [2.05, 4.69) is 20.5 Å². The number of nitrogens with zero attached hydrogens (tertiary/aromatic N) is 2. The summed E-state index contributed by atoms with van der Waals surface area (Å²) in [5.41, 5.74) is 0.990. The number of nitrogens with one attached hydrogen (secondary N) is 2. The van der Waals surface area contributed by atoms with E-state index in [4.69, 9.17) is 11.6 Å². The molecule has 1 aromatic heterocycles. The van der Waals surface area contributed by atoms with Gasteiger partial charge in [0, 0.05) is 10.6 Å². The first-order valence-electron chi connectivity index (χ1n) is 7.43. The van der Waals surface area contributed by atoms with Gasteiger partial charge in [-0.05, 0) is 25.1 Å². The molecular weight excluding hydrogens is 363 g/mol. The summed E-state index contributed by atoms with van der Waals surface area (Å²) in [4.78, 5) is 16.6. The van der Waals surface area contributed by atoms with Crippen LogP contribution < -0.4 is 5.32 Å². The van der Waals surface area contributed by atoms with Crippen molar-refractivity contribution in [1.29, 1.82) is 0 Å². The molecular formula is C17H14ClFN4OS. The minimum absolute atomic E-state index is 0.0850. The van der Waals surface area contributed by atoms with Crippen LogP contribution in [0.1, 0.15) is 6.92 Å². The summed E-state index contributed by atoms with van der Waals surface area (Å²) in [5, 5.41) is 9.69. The van der Waals surface area contributed by atoms with E-state index in [1.807, 2.05) is 30.3 Å². The average Bonchev–Trinajstić information content (AvgIpc) is 3.06. The maximum absolute atomic E-state index is 13.8. The fourth-order valence-electron chi connectivity index (χ4n) is 2.06. The highest BCUT2D eigenvalue weighted by Gasteiger charge is 2.18. The Hall–Kier alpha value is -2.38. The molecule has 0 radical (unpaired) electrons. The molecule has 0 aliphatic heterocycles. The van der Waals surface area contributed by atoms with Gasteiger partial charge in [-0.15, -0.1) is 5.10 Å². The predicted octanol–water partition coefficient (Wildman–Crippen LogP) is 4.38. The van der Waals surface area contributed by atoms with Gasteiger partial charge in [-0.2, -0.15) is 0 Å². The minimum atomic E-state index is -0.581. The van der Waals surface area contributed by atoms with Crippen molar-refractivity contribution in [1.82, 2.24) is 15.2 Å². The van der Waals surface area contributed by atoms with Crippen LogP contribution >= 0.6 is 23.4 Å². The Morgan fingerprint density at radius 1 is 1.28 bits per heavy atom. The molecule has 3 aromatic rings. The monoisotopic (exact) mass is 376 g/mol. The fourth-order valence-corrected chi connectivity index (χ4v) is 2.94. The Bertz CT molecular complexity index is 887. The molecule has 128 valence electrons. The van der Waals surface area contributed by atoms with E-state index in [0.717, 1.165) is 11.6 Å². The second-order valence-electron chi connectivity index (χ2n) is 5.21. The van der Waals surface area contributed by atoms with Crippen LogP contribution in [0.2, 0.25) is 5.02 Å². The predicted molar refractivity (Wildman–Crippen MR) is 97.2 cm³/mol. The lowest BCUT2D eigenvalue weighted by Crippen LogP contribution is -2.23. The molecule has 0 bridgehead atoms. The molecule has 0 spiro atoms. The number of amides is 1. The summed E-state index contributed by atoms with van der Waals surface area (Å²) in [6.07, 6.45) is 0. The summed E-state index contributed by atoms with van der Waals surface area (Å²) in [7, 11) is 0. The summed E-state index contributed by atoms with van der Waals surface area (Å²) in [6.45, 7) is 1.70. The van der Waals surface area contributed by atoms with Gasteiger partial charge in [0.2, 0.25) is 11.1 Å². The van der Waals surface area contributed by atoms with Crippen molar-refractivity contribution in [3.8, 4) is 11.4 Å². The number of rotatable bonds is 5. The second kappa shape index (κ2) is 7.67. The first-order valence-corrected chi connectivity index (χ1v) is 8.69. The third kappa shape index (κ3) is 4.37. The number of anilines is 1. The van der Waals surface area contributed by atoms with Crippen LogP contribution in [0.25, 0.3) is 11.4 Å². The number of thioether (sulfide) groups is 1. The molecule has 0 unspecified atom stereocenters. The molecule has 25 heavy (non-hydrogen) atoms. The quantitative estimate of drug-likeness (QED) is 0.648. The summed E-state index contributed by atoms with van der Waals surface area (Å²) in [6, 6.07) is 13.6. The molecule has 2 N–H and O–H groups in total. The highest BCUT2D eigenvalue weighted by molar-refractivity contribution is 8.00. The first-order chi connectivity index (χ1) is 12.0. The lowest BCUT2D eigenvalue weighted by molar-refractivity contribution is -0.115. The molecule has 1 atom stereocenters. The number of carbonyl (C=O) groups is 1. The number of hydrogen-bond acceptors (Lipinski definition) is 4. The summed E-state index contributed by atoms with van der Waals surface area (Å²) in [5.74, 6) is -0.306. The Labute approximate surface area is 153 Å². The first kappa shape index (κ1) is 17.4. The van der Waals surface area contributed by atoms with Crippen molar-refractivity contribution >= 4 is 35.0 Å². The van der Waals surface area contributed by atoms with Crippen LogP contribution in [-0.2, 0) is 4.79 Å². The number of carbonyl (C=O) groups excluding carboxylic acids is 1. The fraction of sp³-hybridized carbons (Fsp3) is 0.118. The second-order valence-corrected chi connectivity index (χ2v) is 6.95. The van der Waals surface area contributed by atoms with Crippen molar-refractivity contribution in [2.24, 2.45) is 0 Å². The lowest BCUT2D eigenvalue weighted by atomic mass is 10.2. The highest BCUT2D eigenvalue weighted by Crippen LogP contribution is 2.24. The third-order valence-corrected chi connectivity index (χ3v) is 4.55. The van der Waals surface area contributed by atoms with Crippen LogP contribution in [0.15, 0.2) is 53.7 Å². The van der Waals surface area contributed by atoms with Crippen LogP contribution in [0.5, 0.6) is 0 Å². The SMILES string of the molecule is C[C@@H](Sc1n[nH]c(-c2ccccc2)n1)C(=O)Nc1ccc(Cl)cc1F. The normalized spacial score (nSPS) is 12.0. The molecule has 0 aliphatic carbocycles. The summed E-state index contributed by atoms with van der Waals surface area (Å²) >= 11 is 6.88. The van der Waals surface area contributed by atoms with E-state index in [9.17, 15) is 9.18 Å². The van der Waals surface area contributed by atoms with Crippen LogP contribution in [-0.4, -0.2) is 26.3 Å². The molecule has 1 amide bonds. The van der Waals surface area contributed by atoms with Gasteiger partial charge in [0.1, 0.15) is 5.82 Å². The van der Waals surface area contributed by atoms with Gasteiger partial charge in [-0.3, -0.25) is 9.89 Å².